The number of nitrogens with one attached hydrogen (secondary N) is 1. The fourth-order valence-electron chi connectivity index (χ4n) is 2.89. The minimum absolute atomic E-state index is 0.124. The van der Waals surface area contributed by atoms with E-state index in [4.69, 9.17) is 0 Å². The van der Waals surface area contributed by atoms with Crippen LogP contribution in [0.4, 0.5) is 0 Å². The van der Waals surface area contributed by atoms with E-state index in [1.165, 1.54) is 16.6 Å². The fraction of sp³-hybridized carbons (Fsp3) is 0.333. The highest BCUT2D eigenvalue weighted by Crippen LogP contribution is 2.22. The van der Waals surface area contributed by atoms with Gasteiger partial charge in [0.2, 0.25) is 0 Å². The summed E-state index contributed by atoms with van der Waals surface area (Å²) >= 11 is 1.67. The molecule has 3 aromatic rings. The number of amides is 1. The van der Waals surface area contributed by atoms with Crippen LogP contribution in [0.1, 0.15) is 35.8 Å². The van der Waals surface area contributed by atoms with Gasteiger partial charge in [0.15, 0.2) is 5.82 Å². The third-order valence-corrected chi connectivity index (χ3v) is 5.00. The molecule has 136 valence electrons. The number of carbonyl (C=O) groups excluding carboxylic acids is 1. The average molecular weight is 370 g/mol. The fourth-order valence-corrected chi connectivity index (χ4v) is 3.60. The number of likely N-dealkylation sites (N-methyl/N-ethyl adjacent to an activating group) is 1. The van der Waals surface area contributed by atoms with Crippen LogP contribution in [0.25, 0.3) is 5.82 Å². The Balaban J connectivity index is 1.72. The van der Waals surface area contributed by atoms with Gasteiger partial charge in [-0.25, -0.2) is 14.6 Å². The average Bonchev–Trinajstić information content (AvgIpc) is 3.39. The SMILES string of the molecule is CCN(CC)[C@H](CNC(=O)c1ccnc(-n2cncn2)c1)c1ccsc1. The van der Waals surface area contributed by atoms with Gasteiger partial charge < -0.3 is 5.32 Å². The molecule has 0 saturated heterocycles. The highest BCUT2D eigenvalue weighted by Gasteiger charge is 2.19. The first-order valence-corrected chi connectivity index (χ1v) is 9.52. The first-order valence-electron chi connectivity index (χ1n) is 8.58. The number of pyridine rings is 1. The third-order valence-electron chi connectivity index (χ3n) is 4.30. The molecule has 3 heterocycles. The topological polar surface area (TPSA) is 75.9 Å². The lowest BCUT2D eigenvalue weighted by Gasteiger charge is -2.29. The second kappa shape index (κ2) is 8.68. The van der Waals surface area contributed by atoms with E-state index in [0.29, 0.717) is 17.9 Å². The Labute approximate surface area is 156 Å². The van der Waals surface area contributed by atoms with E-state index in [0.717, 1.165) is 13.1 Å². The summed E-state index contributed by atoms with van der Waals surface area (Å²) in [6.45, 7) is 6.69. The molecule has 7 nitrogen and oxygen atoms in total. The third kappa shape index (κ3) is 4.14. The Hall–Kier alpha value is -2.58. The summed E-state index contributed by atoms with van der Waals surface area (Å²) in [6.07, 6.45) is 4.59. The summed E-state index contributed by atoms with van der Waals surface area (Å²) in [4.78, 5) is 23.1. The van der Waals surface area contributed by atoms with Gasteiger partial charge in [0.05, 0.1) is 6.04 Å². The summed E-state index contributed by atoms with van der Waals surface area (Å²) in [5, 5.41) is 11.3. The number of rotatable bonds is 8. The number of aromatic nitrogens is 4. The summed E-state index contributed by atoms with van der Waals surface area (Å²) < 4.78 is 1.53. The highest BCUT2D eigenvalue weighted by molar-refractivity contribution is 7.07. The molecular weight excluding hydrogens is 348 g/mol. The normalized spacial score (nSPS) is 12.3. The molecule has 1 amide bonds. The maximum absolute atomic E-state index is 12.6. The molecule has 1 N–H and O–H groups in total. The van der Waals surface area contributed by atoms with Crippen molar-refractivity contribution >= 4 is 17.2 Å². The lowest BCUT2D eigenvalue weighted by atomic mass is 10.1. The molecular formula is C18H22N6OS. The van der Waals surface area contributed by atoms with Gasteiger partial charge in [-0.2, -0.15) is 16.4 Å². The minimum Gasteiger partial charge on any atom is -0.350 e. The zero-order chi connectivity index (χ0) is 18.4. The molecule has 26 heavy (non-hydrogen) atoms. The van der Waals surface area contributed by atoms with Gasteiger partial charge in [0, 0.05) is 18.3 Å². The Kier molecular flexibility index (Phi) is 6.08. The van der Waals surface area contributed by atoms with Crippen LogP contribution in [0.3, 0.4) is 0 Å². The molecule has 8 heteroatoms. The molecule has 3 rings (SSSR count). The highest BCUT2D eigenvalue weighted by atomic mass is 32.1. The predicted molar refractivity (Wildman–Crippen MR) is 101 cm³/mol. The molecule has 0 fully saturated rings. The Morgan fingerprint density at radius 3 is 2.85 bits per heavy atom. The lowest BCUT2D eigenvalue weighted by molar-refractivity contribution is 0.0935. The van der Waals surface area contributed by atoms with Gasteiger partial charge in [-0.15, -0.1) is 0 Å². The molecule has 0 saturated carbocycles. The lowest BCUT2D eigenvalue weighted by Crippen LogP contribution is -2.38. The van der Waals surface area contributed by atoms with Crippen molar-refractivity contribution in [3.8, 4) is 5.82 Å². The summed E-state index contributed by atoms with van der Waals surface area (Å²) in [5.41, 5.74) is 1.78. The predicted octanol–water partition coefficient (Wildman–Crippen LogP) is 2.54. The molecule has 0 radical (unpaired) electrons. The van der Waals surface area contributed by atoms with Crippen LogP contribution in [0.2, 0.25) is 0 Å². The molecule has 0 bridgehead atoms. The van der Waals surface area contributed by atoms with Crippen molar-refractivity contribution in [2.24, 2.45) is 0 Å². The van der Waals surface area contributed by atoms with Gasteiger partial charge in [0.25, 0.3) is 5.91 Å². The first-order chi connectivity index (χ1) is 12.7. The van der Waals surface area contributed by atoms with Crippen LogP contribution < -0.4 is 5.32 Å². The molecule has 0 aliphatic heterocycles. The largest absolute Gasteiger partial charge is 0.350 e. The number of hydrogen-bond acceptors (Lipinski definition) is 6. The van der Waals surface area contributed by atoms with E-state index in [-0.39, 0.29) is 11.9 Å². The van der Waals surface area contributed by atoms with E-state index >= 15 is 0 Å². The first kappa shape index (κ1) is 18.2. The van der Waals surface area contributed by atoms with Crippen LogP contribution in [-0.4, -0.2) is 50.2 Å². The smallest absolute Gasteiger partial charge is 0.251 e. The number of carbonyl (C=O) groups is 1. The number of thiophene rings is 1. The molecule has 0 unspecified atom stereocenters. The van der Waals surface area contributed by atoms with Gasteiger partial charge in [0.1, 0.15) is 12.7 Å². The van der Waals surface area contributed by atoms with Crippen molar-refractivity contribution in [3.05, 3.63) is 58.9 Å². The summed E-state index contributed by atoms with van der Waals surface area (Å²) in [5.74, 6) is 0.439. The van der Waals surface area contributed by atoms with Crippen LogP contribution in [0.5, 0.6) is 0 Å². The van der Waals surface area contributed by atoms with Gasteiger partial charge in [-0.1, -0.05) is 13.8 Å². The zero-order valence-electron chi connectivity index (χ0n) is 14.9. The van der Waals surface area contributed by atoms with Crippen LogP contribution in [-0.2, 0) is 0 Å². The molecule has 0 aliphatic carbocycles. The second-order valence-electron chi connectivity index (χ2n) is 5.75. The van der Waals surface area contributed by atoms with Crippen molar-refractivity contribution in [1.82, 2.24) is 30.0 Å². The van der Waals surface area contributed by atoms with Crippen LogP contribution >= 0.6 is 11.3 Å². The monoisotopic (exact) mass is 370 g/mol. The molecule has 3 aromatic heterocycles. The number of nitrogens with zero attached hydrogens (tertiary/aromatic N) is 5. The quantitative estimate of drug-likeness (QED) is 0.659. The van der Waals surface area contributed by atoms with Gasteiger partial charge in [-0.3, -0.25) is 9.69 Å². The summed E-state index contributed by atoms with van der Waals surface area (Å²) in [6, 6.07) is 5.69. The Bertz CT molecular complexity index is 814. The van der Waals surface area contributed by atoms with Crippen LogP contribution in [0, 0.1) is 0 Å². The van der Waals surface area contributed by atoms with E-state index in [9.17, 15) is 4.79 Å². The molecule has 1 atom stereocenters. The Morgan fingerprint density at radius 1 is 1.35 bits per heavy atom. The Morgan fingerprint density at radius 2 is 2.19 bits per heavy atom. The molecule has 0 aromatic carbocycles. The van der Waals surface area contributed by atoms with Crippen molar-refractivity contribution in [2.45, 2.75) is 19.9 Å². The van der Waals surface area contributed by atoms with Gasteiger partial charge >= 0.3 is 0 Å². The minimum atomic E-state index is -0.124. The van der Waals surface area contributed by atoms with Crippen molar-refractivity contribution < 1.29 is 4.79 Å². The van der Waals surface area contributed by atoms with Crippen molar-refractivity contribution in [1.29, 1.82) is 0 Å². The van der Waals surface area contributed by atoms with E-state index in [1.807, 2.05) is 0 Å². The van der Waals surface area contributed by atoms with E-state index in [1.54, 1.807) is 36.0 Å². The maximum Gasteiger partial charge on any atom is 0.251 e. The van der Waals surface area contributed by atoms with Crippen molar-refractivity contribution in [2.75, 3.05) is 19.6 Å². The zero-order valence-corrected chi connectivity index (χ0v) is 15.7. The standard InChI is InChI=1S/C18H22N6OS/c1-3-23(4-2)16(15-6-8-26-11-15)10-21-18(25)14-5-7-20-17(9-14)24-13-19-12-22-24/h5-9,11-13,16H,3-4,10H2,1-2H3,(H,21,25)/t16-/m1/s1. The van der Waals surface area contributed by atoms with Gasteiger partial charge in [-0.05, 0) is 47.6 Å². The summed E-state index contributed by atoms with van der Waals surface area (Å²) in [7, 11) is 0. The van der Waals surface area contributed by atoms with Crippen molar-refractivity contribution in [3.63, 3.8) is 0 Å². The number of hydrogen-bond donors (Lipinski definition) is 1. The molecule has 0 spiro atoms. The second-order valence-corrected chi connectivity index (χ2v) is 6.53. The van der Waals surface area contributed by atoms with E-state index < -0.39 is 0 Å². The molecule has 0 aliphatic rings. The van der Waals surface area contributed by atoms with Crippen LogP contribution in [0.15, 0.2) is 47.8 Å². The maximum atomic E-state index is 12.6. The van der Waals surface area contributed by atoms with E-state index in [2.05, 4.69) is 56.0 Å².